The second kappa shape index (κ2) is 4.64. The standard InChI is InChI=1S/C16H24N2O/c1-6-10(3)13(17)11-7-9(2)8-12-14(11)18-15(19)16(12,4)5/h7-8,10,13H,6,17H2,1-5H3,(H,18,19). The zero-order valence-corrected chi connectivity index (χ0v) is 12.5. The average molecular weight is 260 g/mol. The van der Waals surface area contributed by atoms with Gasteiger partial charge in [-0.25, -0.2) is 0 Å². The van der Waals surface area contributed by atoms with E-state index >= 15 is 0 Å². The molecule has 1 heterocycles. The van der Waals surface area contributed by atoms with E-state index in [4.69, 9.17) is 5.73 Å². The molecule has 0 saturated carbocycles. The van der Waals surface area contributed by atoms with Crippen molar-refractivity contribution >= 4 is 11.6 Å². The van der Waals surface area contributed by atoms with Crippen LogP contribution in [-0.4, -0.2) is 5.91 Å². The molecule has 1 aromatic carbocycles. The molecule has 3 heteroatoms. The molecule has 0 spiro atoms. The summed E-state index contributed by atoms with van der Waals surface area (Å²) in [4.78, 5) is 12.1. The van der Waals surface area contributed by atoms with Crippen LogP contribution in [0.5, 0.6) is 0 Å². The minimum Gasteiger partial charge on any atom is -0.325 e. The molecule has 19 heavy (non-hydrogen) atoms. The molecule has 0 saturated heterocycles. The molecule has 0 aromatic heterocycles. The number of nitrogens with two attached hydrogens (primary N) is 1. The summed E-state index contributed by atoms with van der Waals surface area (Å²) >= 11 is 0. The van der Waals surface area contributed by atoms with Crippen LogP contribution >= 0.6 is 0 Å². The molecule has 0 fully saturated rings. The van der Waals surface area contributed by atoms with Crippen LogP contribution in [0.3, 0.4) is 0 Å². The third-order valence-corrected chi connectivity index (χ3v) is 4.41. The van der Waals surface area contributed by atoms with Gasteiger partial charge in [-0.15, -0.1) is 0 Å². The van der Waals surface area contributed by atoms with Gasteiger partial charge in [0.15, 0.2) is 0 Å². The van der Waals surface area contributed by atoms with Crippen molar-refractivity contribution in [3.8, 4) is 0 Å². The number of amides is 1. The van der Waals surface area contributed by atoms with Gasteiger partial charge in [0.05, 0.1) is 5.41 Å². The fraction of sp³-hybridized carbons (Fsp3) is 0.562. The maximum absolute atomic E-state index is 12.1. The van der Waals surface area contributed by atoms with E-state index in [1.54, 1.807) is 0 Å². The lowest BCUT2D eigenvalue weighted by Crippen LogP contribution is -2.26. The van der Waals surface area contributed by atoms with E-state index in [1.165, 1.54) is 0 Å². The van der Waals surface area contributed by atoms with E-state index in [-0.39, 0.29) is 11.9 Å². The molecule has 0 radical (unpaired) electrons. The first-order valence-corrected chi connectivity index (χ1v) is 7.01. The molecule has 1 aliphatic rings. The van der Waals surface area contributed by atoms with E-state index in [1.807, 2.05) is 13.8 Å². The monoisotopic (exact) mass is 260 g/mol. The van der Waals surface area contributed by atoms with Gasteiger partial charge in [-0.2, -0.15) is 0 Å². The van der Waals surface area contributed by atoms with E-state index < -0.39 is 5.41 Å². The molecular formula is C16H24N2O. The number of hydrogen-bond donors (Lipinski definition) is 2. The van der Waals surface area contributed by atoms with Gasteiger partial charge in [-0.1, -0.05) is 38.0 Å². The van der Waals surface area contributed by atoms with Gasteiger partial charge in [0, 0.05) is 11.7 Å². The van der Waals surface area contributed by atoms with E-state index in [0.717, 1.165) is 28.8 Å². The Balaban J connectivity index is 2.58. The Morgan fingerprint density at radius 1 is 1.37 bits per heavy atom. The van der Waals surface area contributed by atoms with Gasteiger partial charge in [0.1, 0.15) is 0 Å². The topological polar surface area (TPSA) is 55.1 Å². The Labute approximate surface area is 115 Å². The zero-order valence-electron chi connectivity index (χ0n) is 12.5. The highest BCUT2D eigenvalue weighted by Crippen LogP contribution is 2.42. The predicted molar refractivity (Wildman–Crippen MR) is 79.2 cm³/mol. The maximum atomic E-state index is 12.1. The van der Waals surface area contributed by atoms with Crippen LogP contribution in [0.25, 0.3) is 0 Å². The highest BCUT2D eigenvalue weighted by molar-refractivity contribution is 6.06. The Bertz CT molecular complexity index is 520. The Hall–Kier alpha value is -1.35. The number of aryl methyl sites for hydroxylation is 1. The number of rotatable bonds is 3. The van der Waals surface area contributed by atoms with Crippen LogP contribution in [-0.2, 0) is 10.2 Å². The summed E-state index contributed by atoms with van der Waals surface area (Å²) in [5.74, 6) is 0.456. The summed E-state index contributed by atoms with van der Waals surface area (Å²) < 4.78 is 0. The quantitative estimate of drug-likeness (QED) is 0.876. The highest BCUT2D eigenvalue weighted by atomic mass is 16.2. The first-order valence-electron chi connectivity index (χ1n) is 7.01. The number of carbonyl (C=O) groups excluding carboxylic acids is 1. The molecule has 1 amide bonds. The summed E-state index contributed by atoms with van der Waals surface area (Å²) in [7, 11) is 0. The fourth-order valence-electron chi connectivity index (χ4n) is 2.66. The number of carbonyl (C=O) groups is 1. The average Bonchev–Trinajstić information content (AvgIpc) is 2.59. The number of nitrogens with one attached hydrogen (secondary N) is 1. The zero-order chi connectivity index (χ0) is 14.4. The van der Waals surface area contributed by atoms with Crippen LogP contribution < -0.4 is 11.1 Å². The summed E-state index contributed by atoms with van der Waals surface area (Å²) in [5.41, 5.74) is 10.2. The maximum Gasteiger partial charge on any atom is 0.234 e. The van der Waals surface area contributed by atoms with Crippen molar-refractivity contribution in [1.29, 1.82) is 0 Å². The molecule has 104 valence electrons. The van der Waals surface area contributed by atoms with Crippen LogP contribution in [0.2, 0.25) is 0 Å². The summed E-state index contributed by atoms with van der Waals surface area (Å²) in [6.07, 6.45) is 1.03. The smallest absolute Gasteiger partial charge is 0.234 e. The van der Waals surface area contributed by atoms with E-state index in [2.05, 4.69) is 38.2 Å². The molecule has 3 nitrogen and oxygen atoms in total. The Kier molecular flexibility index (Phi) is 3.43. The third kappa shape index (κ3) is 2.16. The minimum atomic E-state index is -0.467. The van der Waals surface area contributed by atoms with Gasteiger partial charge in [-0.3, -0.25) is 4.79 Å². The normalized spacial score (nSPS) is 19.8. The van der Waals surface area contributed by atoms with Crippen molar-refractivity contribution < 1.29 is 4.79 Å². The lowest BCUT2D eigenvalue weighted by atomic mass is 9.82. The molecule has 0 aliphatic carbocycles. The van der Waals surface area contributed by atoms with Crippen molar-refractivity contribution in [2.24, 2.45) is 11.7 Å². The summed E-state index contributed by atoms with van der Waals surface area (Å²) in [6.45, 7) is 10.3. The highest BCUT2D eigenvalue weighted by Gasteiger charge is 2.40. The number of anilines is 1. The third-order valence-electron chi connectivity index (χ3n) is 4.41. The second-order valence-electron chi connectivity index (χ2n) is 6.27. The van der Waals surface area contributed by atoms with Gasteiger partial charge in [0.2, 0.25) is 5.91 Å². The SMILES string of the molecule is CCC(C)C(N)c1cc(C)cc2c1NC(=O)C2(C)C. The van der Waals surface area contributed by atoms with Crippen molar-refractivity contribution in [2.75, 3.05) is 5.32 Å². The van der Waals surface area contributed by atoms with Crippen LogP contribution in [0.15, 0.2) is 12.1 Å². The van der Waals surface area contributed by atoms with Crippen molar-refractivity contribution in [3.63, 3.8) is 0 Å². The molecule has 0 bridgehead atoms. The van der Waals surface area contributed by atoms with Crippen LogP contribution in [0, 0.1) is 12.8 Å². The molecule has 1 aliphatic heterocycles. The van der Waals surface area contributed by atoms with Crippen molar-refractivity contribution in [3.05, 3.63) is 28.8 Å². The fourth-order valence-corrected chi connectivity index (χ4v) is 2.66. The number of fused-ring (bicyclic) bond motifs is 1. The van der Waals surface area contributed by atoms with Gasteiger partial charge >= 0.3 is 0 Å². The van der Waals surface area contributed by atoms with Crippen LogP contribution in [0.4, 0.5) is 5.69 Å². The lowest BCUT2D eigenvalue weighted by Gasteiger charge is -2.23. The molecule has 1 aromatic rings. The Morgan fingerprint density at radius 2 is 2.00 bits per heavy atom. The summed E-state index contributed by atoms with van der Waals surface area (Å²) in [6, 6.07) is 4.17. The van der Waals surface area contributed by atoms with E-state index in [9.17, 15) is 4.79 Å². The summed E-state index contributed by atoms with van der Waals surface area (Å²) in [5, 5.41) is 3.02. The first-order chi connectivity index (χ1) is 8.78. The number of benzene rings is 1. The lowest BCUT2D eigenvalue weighted by molar-refractivity contribution is -0.119. The molecule has 2 unspecified atom stereocenters. The largest absolute Gasteiger partial charge is 0.325 e. The van der Waals surface area contributed by atoms with Crippen molar-refractivity contribution in [1.82, 2.24) is 0 Å². The molecular weight excluding hydrogens is 236 g/mol. The van der Waals surface area contributed by atoms with Gasteiger partial charge in [-0.05, 0) is 37.8 Å². The Morgan fingerprint density at radius 3 is 2.58 bits per heavy atom. The molecule has 2 atom stereocenters. The molecule has 3 N–H and O–H groups in total. The first kappa shape index (κ1) is 14.1. The minimum absolute atomic E-state index is 0.0344. The van der Waals surface area contributed by atoms with E-state index in [0.29, 0.717) is 5.92 Å². The van der Waals surface area contributed by atoms with Crippen molar-refractivity contribution in [2.45, 2.75) is 52.5 Å². The van der Waals surface area contributed by atoms with Gasteiger partial charge < -0.3 is 11.1 Å². The number of hydrogen-bond acceptors (Lipinski definition) is 2. The van der Waals surface area contributed by atoms with Gasteiger partial charge in [0.25, 0.3) is 0 Å². The second-order valence-corrected chi connectivity index (χ2v) is 6.27. The molecule has 2 rings (SSSR count). The predicted octanol–water partition coefficient (Wildman–Crippen LogP) is 3.27. The van der Waals surface area contributed by atoms with Crippen LogP contribution in [0.1, 0.15) is 56.8 Å².